The van der Waals surface area contributed by atoms with E-state index in [1.165, 1.54) is 5.57 Å². The van der Waals surface area contributed by atoms with Gasteiger partial charge in [-0.2, -0.15) is 0 Å². The van der Waals surface area contributed by atoms with Crippen molar-refractivity contribution in [3.63, 3.8) is 0 Å². The van der Waals surface area contributed by atoms with Gasteiger partial charge in [0.25, 0.3) is 0 Å². The molecule has 1 aliphatic heterocycles. The third-order valence-corrected chi connectivity index (χ3v) is 2.18. The summed E-state index contributed by atoms with van der Waals surface area (Å²) in [5.74, 6) is 0.207. The molecule has 0 aromatic rings. The SMILES string of the molecule is C=C/C(=C\C=C(C)C)N1CCCC1=O. The van der Waals surface area contributed by atoms with Gasteiger partial charge in [-0.05, 0) is 32.4 Å². The summed E-state index contributed by atoms with van der Waals surface area (Å²) in [6.45, 7) is 8.61. The van der Waals surface area contributed by atoms with Crippen LogP contribution in [0.4, 0.5) is 0 Å². The minimum atomic E-state index is 0.207. The zero-order chi connectivity index (χ0) is 10.6. The maximum absolute atomic E-state index is 11.4. The second-order valence-corrected chi connectivity index (χ2v) is 3.69. The number of carbonyl (C=O) groups excluding carboxylic acids is 1. The summed E-state index contributed by atoms with van der Waals surface area (Å²) < 4.78 is 0. The number of carbonyl (C=O) groups is 1. The van der Waals surface area contributed by atoms with Gasteiger partial charge in [-0.3, -0.25) is 4.79 Å². The van der Waals surface area contributed by atoms with E-state index in [1.807, 2.05) is 26.0 Å². The molecule has 0 radical (unpaired) electrons. The van der Waals surface area contributed by atoms with Gasteiger partial charge in [0.2, 0.25) is 5.91 Å². The van der Waals surface area contributed by atoms with Gasteiger partial charge < -0.3 is 4.90 Å². The fraction of sp³-hybridized carbons (Fsp3) is 0.417. The van der Waals surface area contributed by atoms with Crippen LogP contribution in [0.3, 0.4) is 0 Å². The first-order valence-electron chi connectivity index (χ1n) is 4.93. The van der Waals surface area contributed by atoms with E-state index in [0.717, 1.165) is 18.7 Å². The van der Waals surface area contributed by atoms with Crippen LogP contribution >= 0.6 is 0 Å². The third-order valence-electron chi connectivity index (χ3n) is 2.18. The first-order valence-corrected chi connectivity index (χ1v) is 4.93. The van der Waals surface area contributed by atoms with E-state index in [0.29, 0.717) is 6.42 Å². The monoisotopic (exact) mass is 191 g/mol. The Labute approximate surface area is 85.6 Å². The zero-order valence-electron chi connectivity index (χ0n) is 8.92. The lowest BCUT2D eigenvalue weighted by molar-refractivity contribution is -0.125. The van der Waals surface area contributed by atoms with Crippen molar-refractivity contribution >= 4 is 5.91 Å². The molecule has 1 saturated heterocycles. The number of amides is 1. The van der Waals surface area contributed by atoms with E-state index in [-0.39, 0.29) is 5.91 Å². The summed E-state index contributed by atoms with van der Waals surface area (Å²) in [6.07, 6.45) is 7.32. The number of likely N-dealkylation sites (tertiary alicyclic amines) is 1. The minimum absolute atomic E-state index is 0.207. The van der Waals surface area contributed by atoms with Gasteiger partial charge in [0, 0.05) is 18.7 Å². The van der Waals surface area contributed by atoms with Crippen molar-refractivity contribution in [2.75, 3.05) is 6.54 Å². The number of hydrogen-bond acceptors (Lipinski definition) is 1. The Kier molecular flexibility index (Phi) is 3.69. The average molecular weight is 191 g/mol. The van der Waals surface area contributed by atoms with Crippen LogP contribution in [0.15, 0.2) is 36.1 Å². The van der Waals surface area contributed by atoms with Crippen molar-refractivity contribution in [1.29, 1.82) is 0 Å². The highest BCUT2D eigenvalue weighted by atomic mass is 16.2. The molecule has 1 fully saturated rings. The van der Waals surface area contributed by atoms with Crippen LogP contribution in [0, 0.1) is 0 Å². The van der Waals surface area contributed by atoms with Gasteiger partial charge in [-0.25, -0.2) is 0 Å². The zero-order valence-corrected chi connectivity index (χ0v) is 8.92. The normalized spacial score (nSPS) is 17.1. The highest BCUT2D eigenvalue weighted by molar-refractivity contribution is 5.80. The highest BCUT2D eigenvalue weighted by Gasteiger charge is 2.21. The molecule has 2 nitrogen and oxygen atoms in total. The first-order chi connectivity index (χ1) is 6.65. The summed E-state index contributed by atoms with van der Waals surface area (Å²) in [5, 5.41) is 0. The van der Waals surface area contributed by atoms with Crippen LogP contribution in [0.5, 0.6) is 0 Å². The van der Waals surface area contributed by atoms with Crippen LogP contribution in [0.25, 0.3) is 0 Å². The molecule has 2 heteroatoms. The summed E-state index contributed by atoms with van der Waals surface area (Å²) >= 11 is 0. The summed E-state index contributed by atoms with van der Waals surface area (Å²) in [4.78, 5) is 13.2. The lowest BCUT2D eigenvalue weighted by Crippen LogP contribution is -2.22. The van der Waals surface area contributed by atoms with Crippen molar-refractivity contribution in [2.45, 2.75) is 26.7 Å². The molecule has 0 spiro atoms. The van der Waals surface area contributed by atoms with Crippen LogP contribution in [0.1, 0.15) is 26.7 Å². The lowest BCUT2D eigenvalue weighted by atomic mass is 10.2. The smallest absolute Gasteiger partial charge is 0.227 e. The average Bonchev–Trinajstić information content (AvgIpc) is 2.53. The maximum atomic E-state index is 11.4. The Morgan fingerprint density at radius 2 is 2.14 bits per heavy atom. The van der Waals surface area contributed by atoms with E-state index >= 15 is 0 Å². The van der Waals surface area contributed by atoms with Gasteiger partial charge in [0.1, 0.15) is 0 Å². The Balaban J connectivity index is 2.80. The molecule has 1 rings (SSSR count). The molecule has 1 amide bonds. The number of allylic oxidation sites excluding steroid dienone is 4. The quantitative estimate of drug-likeness (QED) is 0.628. The molecule has 1 aliphatic rings. The molecular formula is C12H17NO. The van der Waals surface area contributed by atoms with E-state index in [4.69, 9.17) is 0 Å². The van der Waals surface area contributed by atoms with Crippen molar-refractivity contribution in [1.82, 2.24) is 4.90 Å². The van der Waals surface area contributed by atoms with E-state index in [1.54, 1.807) is 11.0 Å². The predicted molar refractivity (Wildman–Crippen MR) is 58.7 cm³/mol. The topological polar surface area (TPSA) is 20.3 Å². The fourth-order valence-corrected chi connectivity index (χ4v) is 1.44. The Morgan fingerprint density at radius 1 is 1.43 bits per heavy atom. The molecule has 0 N–H and O–H groups in total. The number of nitrogens with zero attached hydrogens (tertiary/aromatic N) is 1. The molecule has 14 heavy (non-hydrogen) atoms. The van der Waals surface area contributed by atoms with E-state index < -0.39 is 0 Å². The lowest BCUT2D eigenvalue weighted by Gasteiger charge is -2.15. The summed E-state index contributed by atoms with van der Waals surface area (Å²) in [7, 11) is 0. The molecule has 0 unspecified atom stereocenters. The van der Waals surface area contributed by atoms with Crippen molar-refractivity contribution in [3.8, 4) is 0 Å². The molecule has 0 aromatic heterocycles. The van der Waals surface area contributed by atoms with Crippen molar-refractivity contribution < 1.29 is 4.79 Å². The van der Waals surface area contributed by atoms with E-state index in [2.05, 4.69) is 6.58 Å². The highest BCUT2D eigenvalue weighted by Crippen LogP contribution is 2.17. The second kappa shape index (κ2) is 4.80. The van der Waals surface area contributed by atoms with Crippen LogP contribution in [0.2, 0.25) is 0 Å². The molecule has 0 atom stereocenters. The van der Waals surface area contributed by atoms with Gasteiger partial charge >= 0.3 is 0 Å². The standard InChI is InChI=1S/C12H17NO/c1-4-11(8-7-10(2)3)13-9-5-6-12(13)14/h4,7-8H,1,5-6,9H2,2-3H3/b11-8+. The maximum Gasteiger partial charge on any atom is 0.227 e. The number of hydrogen-bond donors (Lipinski definition) is 0. The van der Waals surface area contributed by atoms with Gasteiger partial charge in [0.15, 0.2) is 0 Å². The van der Waals surface area contributed by atoms with E-state index in [9.17, 15) is 4.79 Å². The molecule has 0 aliphatic carbocycles. The van der Waals surface area contributed by atoms with Gasteiger partial charge in [0.05, 0.1) is 0 Å². The second-order valence-electron chi connectivity index (χ2n) is 3.69. The molecule has 76 valence electrons. The van der Waals surface area contributed by atoms with Crippen molar-refractivity contribution in [3.05, 3.63) is 36.1 Å². The Bertz CT molecular complexity index is 295. The third kappa shape index (κ3) is 2.59. The minimum Gasteiger partial charge on any atom is -0.312 e. The molecular weight excluding hydrogens is 174 g/mol. The fourth-order valence-electron chi connectivity index (χ4n) is 1.44. The van der Waals surface area contributed by atoms with Crippen LogP contribution < -0.4 is 0 Å². The van der Waals surface area contributed by atoms with Crippen LogP contribution in [-0.4, -0.2) is 17.4 Å². The Hall–Kier alpha value is -1.31. The first kappa shape index (κ1) is 10.8. The molecule has 0 bridgehead atoms. The number of rotatable bonds is 3. The van der Waals surface area contributed by atoms with Gasteiger partial charge in [-0.15, -0.1) is 0 Å². The summed E-state index contributed by atoms with van der Waals surface area (Å²) in [5.41, 5.74) is 2.13. The molecule has 0 aromatic carbocycles. The molecule has 1 heterocycles. The molecule has 0 saturated carbocycles. The van der Waals surface area contributed by atoms with Crippen molar-refractivity contribution in [2.24, 2.45) is 0 Å². The van der Waals surface area contributed by atoms with Crippen LogP contribution in [-0.2, 0) is 4.79 Å². The van der Waals surface area contributed by atoms with Gasteiger partial charge in [-0.1, -0.05) is 18.2 Å². The largest absolute Gasteiger partial charge is 0.312 e. The summed E-state index contributed by atoms with van der Waals surface area (Å²) in [6, 6.07) is 0. The predicted octanol–water partition coefficient (Wildman–Crippen LogP) is 2.64. The Morgan fingerprint density at radius 3 is 2.57 bits per heavy atom.